The summed E-state index contributed by atoms with van der Waals surface area (Å²) >= 11 is 0. The molecule has 5 heteroatoms. The minimum atomic E-state index is 0.0192. The van der Waals surface area contributed by atoms with Gasteiger partial charge in [-0.05, 0) is 80.3 Å². The van der Waals surface area contributed by atoms with Gasteiger partial charge in [0.2, 0.25) is 0 Å². The molecule has 0 radical (unpaired) electrons. The topological polar surface area (TPSA) is 51.2 Å². The first-order chi connectivity index (χ1) is 15.7. The molecule has 0 aliphatic carbocycles. The first-order valence-electron chi connectivity index (χ1n) is 12.0. The van der Waals surface area contributed by atoms with Gasteiger partial charge in [-0.1, -0.05) is 36.4 Å². The molecule has 1 atom stereocenters. The molecule has 1 N–H and O–H groups in total. The standard InChI is InChI=1S/C27H37NO4/c1-30-26-17-23(10-11-25(26)32-20-22-7-3-2-4-8-22)19-28-14-12-27(21-29,13-15-28)18-24-9-5-6-16-31-24/h2-4,7-8,10-11,17,24,29H,5-6,9,12-16,18-21H2,1H3/t24-/m1/s1. The summed E-state index contributed by atoms with van der Waals surface area (Å²) in [5.41, 5.74) is 2.38. The summed E-state index contributed by atoms with van der Waals surface area (Å²) in [4.78, 5) is 2.48. The fraction of sp³-hybridized carbons (Fsp3) is 0.556. The van der Waals surface area contributed by atoms with Crippen LogP contribution in [0.4, 0.5) is 0 Å². The van der Waals surface area contributed by atoms with Crippen molar-refractivity contribution in [1.29, 1.82) is 0 Å². The van der Waals surface area contributed by atoms with Crippen molar-refractivity contribution in [3.05, 3.63) is 59.7 Å². The molecule has 2 aliphatic heterocycles. The van der Waals surface area contributed by atoms with Crippen LogP contribution in [0.5, 0.6) is 11.5 Å². The van der Waals surface area contributed by atoms with Crippen molar-refractivity contribution >= 4 is 0 Å². The van der Waals surface area contributed by atoms with E-state index in [1.54, 1.807) is 7.11 Å². The predicted molar refractivity (Wildman–Crippen MR) is 126 cm³/mol. The number of aliphatic hydroxyl groups excluding tert-OH is 1. The zero-order valence-electron chi connectivity index (χ0n) is 19.3. The highest BCUT2D eigenvalue weighted by Gasteiger charge is 2.37. The molecule has 2 saturated heterocycles. The highest BCUT2D eigenvalue weighted by atomic mass is 16.5. The Morgan fingerprint density at radius 2 is 1.84 bits per heavy atom. The molecule has 0 amide bonds. The van der Waals surface area contributed by atoms with Gasteiger partial charge in [0.05, 0.1) is 13.2 Å². The molecule has 32 heavy (non-hydrogen) atoms. The second-order valence-electron chi connectivity index (χ2n) is 9.39. The maximum atomic E-state index is 10.2. The lowest BCUT2D eigenvalue weighted by molar-refractivity contribution is -0.0486. The molecule has 5 nitrogen and oxygen atoms in total. The van der Waals surface area contributed by atoms with E-state index in [0.717, 1.165) is 69.0 Å². The molecular weight excluding hydrogens is 402 g/mol. The molecule has 2 fully saturated rings. The zero-order valence-corrected chi connectivity index (χ0v) is 19.3. The minimum Gasteiger partial charge on any atom is -0.493 e. The molecule has 2 heterocycles. The minimum absolute atomic E-state index is 0.0192. The first-order valence-corrected chi connectivity index (χ1v) is 12.0. The number of hydrogen-bond acceptors (Lipinski definition) is 5. The van der Waals surface area contributed by atoms with Gasteiger partial charge in [-0.2, -0.15) is 0 Å². The number of piperidine rings is 1. The number of methoxy groups -OCH3 is 1. The molecule has 0 aromatic heterocycles. The van der Waals surface area contributed by atoms with E-state index in [9.17, 15) is 5.11 Å². The van der Waals surface area contributed by atoms with Crippen LogP contribution < -0.4 is 9.47 Å². The van der Waals surface area contributed by atoms with E-state index in [2.05, 4.69) is 29.2 Å². The fourth-order valence-corrected chi connectivity index (χ4v) is 4.99. The molecule has 0 saturated carbocycles. The van der Waals surface area contributed by atoms with Crippen molar-refractivity contribution in [2.75, 3.05) is 33.4 Å². The zero-order chi connectivity index (χ0) is 22.2. The Hall–Kier alpha value is -2.08. The van der Waals surface area contributed by atoms with Gasteiger partial charge < -0.3 is 19.3 Å². The molecule has 4 rings (SSSR count). The van der Waals surface area contributed by atoms with E-state index >= 15 is 0 Å². The maximum absolute atomic E-state index is 10.2. The average Bonchev–Trinajstić information content (AvgIpc) is 2.85. The summed E-state index contributed by atoms with van der Waals surface area (Å²) in [6.45, 7) is 4.56. The summed E-state index contributed by atoms with van der Waals surface area (Å²) in [5, 5.41) is 10.2. The summed E-state index contributed by atoms with van der Waals surface area (Å²) in [6, 6.07) is 16.4. The van der Waals surface area contributed by atoms with Crippen LogP contribution in [0, 0.1) is 5.41 Å². The number of likely N-dealkylation sites (tertiary alicyclic amines) is 1. The number of benzene rings is 2. The van der Waals surface area contributed by atoms with Crippen LogP contribution in [0.15, 0.2) is 48.5 Å². The van der Waals surface area contributed by atoms with Crippen LogP contribution in [0.2, 0.25) is 0 Å². The summed E-state index contributed by atoms with van der Waals surface area (Å²) in [5.74, 6) is 1.54. The highest BCUT2D eigenvalue weighted by Crippen LogP contribution is 2.39. The lowest BCUT2D eigenvalue weighted by Crippen LogP contribution is -2.44. The Labute approximate surface area is 192 Å². The Bertz CT molecular complexity index is 827. The normalized spacial score (nSPS) is 21.2. The van der Waals surface area contributed by atoms with Gasteiger partial charge in [-0.15, -0.1) is 0 Å². The third-order valence-electron chi connectivity index (χ3n) is 7.06. The summed E-state index contributed by atoms with van der Waals surface area (Å²) < 4.78 is 17.6. The number of nitrogens with zero attached hydrogens (tertiary/aromatic N) is 1. The predicted octanol–water partition coefficient (Wildman–Crippen LogP) is 4.81. The van der Waals surface area contributed by atoms with Gasteiger partial charge in [0.15, 0.2) is 11.5 Å². The number of ether oxygens (including phenoxy) is 3. The molecule has 2 aliphatic rings. The van der Waals surface area contributed by atoms with Crippen LogP contribution in [0.3, 0.4) is 0 Å². The molecule has 2 aromatic carbocycles. The van der Waals surface area contributed by atoms with Crippen molar-refractivity contribution in [3.8, 4) is 11.5 Å². The van der Waals surface area contributed by atoms with Gasteiger partial charge in [0.25, 0.3) is 0 Å². The monoisotopic (exact) mass is 439 g/mol. The summed E-state index contributed by atoms with van der Waals surface area (Å²) in [6.07, 6.45) is 6.96. The third kappa shape index (κ3) is 6.03. The van der Waals surface area contributed by atoms with Crippen LogP contribution in [-0.2, 0) is 17.9 Å². The van der Waals surface area contributed by atoms with Crippen LogP contribution in [0.1, 0.15) is 49.7 Å². The van der Waals surface area contributed by atoms with E-state index in [1.807, 2.05) is 24.3 Å². The first kappa shape index (κ1) is 23.1. The smallest absolute Gasteiger partial charge is 0.161 e. The van der Waals surface area contributed by atoms with Gasteiger partial charge >= 0.3 is 0 Å². The molecule has 0 bridgehead atoms. The van der Waals surface area contributed by atoms with Gasteiger partial charge in [0.1, 0.15) is 6.61 Å². The summed E-state index contributed by atoms with van der Waals surface area (Å²) in [7, 11) is 1.69. The van der Waals surface area contributed by atoms with E-state index in [0.29, 0.717) is 12.7 Å². The van der Waals surface area contributed by atoms with Crippen molar-refractivity contribution in [3.63, 3.8) is 0 Å². The largest absolute Gasteiger partial charge is 0.493 e. The molecule has 0 unspecified atom stereocenters. The van der Waals surface area contributed by atoms with Gasteiger partial charge in [-0.3, -0.25) is 4.90 Å². The van der Waals surface area contributed by atoms with Crippen molar-refractivity contribution in [1.82, 2.24) is 4.90 Å². The Morgan fingerprint density at radius 1 is 1.03 bits per heavy atom. The Morgan fingerprint density at radius 3 is 2.53 bits per heavy atom. The van der Waals surface area contributed by atoms with Crippen molar-refractivity contribution in [2.24, 2.45) is 5.41 Å². The van der Waals surface area contributed by atoms with Crippen LogP contribution in [0.25, 0.3) is 0 Å². The molecular formula is C27H37NO4. The van der Waals surface area contributed by atoms with Crippen LogP contribution in [-0.4, -0.2) is 49.5 Å². The molecule has 2 aromatic rings. The quantitative estimate of drug-likeness (QED) is 0.608. The second-order valence-corrected chi connectivity index (χ2v) is 9.39. The van der Waals surface area contributed by atoms with Gasteiger partial charge in [-0.25, -0.2) is 0 Å². The van der Waals surface area contributed by atoms with Crippen molar-refractivity contribution in [2.45, 2.75) is 57.8 Å². The van der Waals surface area contributed by atoms with E-state index < -0.39 is 0 Å². The second kappa shape index (κ2) is 11.2. The Kier molecular flexibility index (Phi) is 8.06. The van der Waals surface area contributed by atoms with Crippen LogP contribution >= 0.6 is 0 Å². The number of rotatable bonds is 9. The fourth-order valence-electron chi connectivity index (χ4n) is 4.99. The third-order valence-corrected chi connectivity index (χ3v) is 7.06. The molecule has 0 spiro atoms. The van der Waals surface area contributed by atoms with Gasteiger partial charge in [0, 0.05) is 19.8 Å². The highest BCUT2D eigenvalue weighted by molar-refractivity contribution is 5.43. The lowest BCUT2D eigenvalue weighted by Gasteiger charge is -2.43. The SMILES string of the molecule is COc1cc(CN2CCC(CO)(C[C@H]3CCCCO3)CC2)ccc1OCc1ccccc1. The lowest BCUT2D eigenvalue weighted by atomic mass is 9.74. The number of hydrogen-bond donors (Lipinski definition) is 1. The average molecular weight is 440 g/mol. The Balaban J connectivity index is 1.31. The van der Waals surface area contributed by atoms with E-state index in [1.165, 1.54) is 18.4 Å². The van der Waals surface area contributed by atoms with E-state index in [4.69, 9.17) is 14.2 Å². The molecule has 174 valence electrons. The van der Waals surface area contributed by atoms with E-state index in [-0.39, 0.29) is 12.0 Å². The maximum Gasteiger partial charge on any atom is 0.161 e. The van der Waals surface area contributed by atoms with Crippen molar-refractivity contribution < 1.29 is 19.3 Å². The number of aliphatic hydroxyl groups is 1.